The van der Waals surface area contributed by atoms with Gasteiger partial charge in [0, 0.05) is 17.3 Å². The molecule has 0 bridgehead atoms. The molecule has 9 heteroatoms. The van der Waals surface area contributed by atoms with Crippen molar-refractivity contribution in [1.82, 2.24) is 15.4 Å². The molecule has 0 saturated carbocycles. The highest BCUT2D eigenvalue weighted by molar-refractivity contribution is 6.35. The third-order valence-corrected chi connectivity index (χ3v) is 2.94. The number of carbonyl (C=O) groups is 1. The van der Waals surface area contributed by atoms with E-state index in [-0.39, 0.29) is 12.6 Å². The number of carbonyl (C=O) groups excluding carboxylic acids is 1. The standard InChI is InChI=1S/C13H12Cl2N4O3/c1-21-12-4-5-16-13(17-12)19-18-11(20)7-22-10-3-2-8(14)6-9(10)15/h2-6H,7H2,1H3,(H,18,20)(H,16,17,19). The average molecular weight is 343 g/mol. The third-order valence-electron chi connectivity index (χ3n) is 2.41. The lowest BCUT2D eigenvalue weighted by molar-refractivity contribution is -0.122. The van der Waals surface area contributed by atoms with Crippen LogP contribution in [-0.2, 0) is 4.79 Å². The van der Waals surface area contributed by atoms with Crippen LogP contribution in [0.3, 0.4) is 0 Å². The van der Waals surface area contributed by atoms with E-state index in [9.17, 15) is 4.79 Å². The summed E-state index contributed by atoms with van der Waals surface area (Å²) in [5.41, 5.74) is 4.93. The molecule has 0 aliphatic heterocycles. The molecule has 22 heavy (non-hydrogen) atoms. The number of anilines is 1. The fourth-order valence-electron chi connectivity index (χ4n) is 1.41. The highest BCUT2D eigenvalue weighted by Gasteiger charge is 2.07. The number of nitrogens with zero attached hydrogens (tertiary/aromatic N) is 2. The summed E-state index contributed by atoms with van der Waals surface area (Å²) in [4.78, 5) is 19.5. The molecule has 0 fully saturated rings. The largest absolute Gasteiger partial charge is 0.482 e. The Hall–Kier alpha value is -2.25. The van der Waals surface area contributed by atoms with E-state index in [2.05, 4.69) is 20.8 Å². The Morgan fingerprint density at radius 3 is 2.86 bits per heavy atom. The van der Waals surface area contributed by atoms with Gasteiger partial charge in [0.05, 0.1) is 12.1 Å². The molecular formula is C13H12Cl2N4O3. The normalized spacial score (nSPS) is 9.95. The molecule has 1 aromatic heterocycles. The lowest BCUT2D eigenvalue weighted by Crippen LogP contribution is -2.34. The van der Waals surface area contributed by atoms with E-state index >= 15 is 0 Å². The summed E-state index contributed by atoms with van der Waals surface area (Å²) in [5.74, 6) is 0.490. The monoisotopic (exact) mass is 342 g/mol. The molecule has 2 N–H and O–H groups in total. The molecule has 2 rings (SSSR count). The summed E-state index contributed by atoms with van der Waals surface area (Å²) >= 11 is 11.7. The molecule has 116 valence electrons. The summed E-state index contributed by atoms with van der Waals surface area (Å²) in [7, 11) is 1.48. The van der Waals surface area contributed by atoms with Crippen molar-refractivity contribution in [2.45, 2.75) is 0 Å². The number of halogens is 2. The highest BCUT2D eigenvalue weighted by Crippen LogP contribution is 2.27. The Kier molecular flexibility index (Phi) is 5.62. The molecule has 0 saturated heterocycles. The SMILES string of the molecule is COc1ccnc(NNC(=O)COc2ccc(Cl)cc2Cl)n1. The number of nitrogens with one attached hydrogen (secondary N) is 2. The van der Waals surface area contributed by atoms with Gasteiger partial charge in [0.15, 0.2) is 6.61 Å². The fraction of sp³-hybridized carbons (Fsp3) is 0.154. The summed E-state index contributed by atoms with van der Waals surface area (Å²) in [6, 6.07) is 6.30. The predicted molar refractivity (Wildman–Crippen MR) is 82.3 cm³/mol. The number of hydrogen-bond donors (Lipinski definition) is 2. The first-order valence-corrected chi connectivity index (χ1v) is 6.84. The minimum atomic E-state index is -0.433. The van der Waals surface area contributed by atoms with Crippen LogP contribution in [0.2, 0.25) is 10.0 Å². The van der Waals surface area contributed by atoms with Gasteiger partial charge in [0.25, 0.3) is 5.91 Å². The number of benzene rings is 1. The van der Waals surface area contributed by atoms with Gasteiger partial charge in [-0.2, -0.15) is 4.98 Å². The van der Waals surface area contributed by atoms with Crippen molar-refractivity contribution in [2.24, 2.45) is 0 Å². The van der Waals surface area contributed by atoms with Crippen LogP contribution in [0.5, 0.6) is 11.6 Å². The minimum absolute atomic E-state index is 0.192. The zero-order valence-electron chi connectivity index (χ0n) is 11.5. The molecule has 2 aromatic rings. The van der Waals surface area contributed by atoms with Crippen molar-refractivity contribution < 1.29 is 14.3 Å². The second kappa shape index (κ2) is 7.67. The van der Waals surface area contributed by atoms with Crippen LogP contribution in [0.4, 0.5) is 5.95 Å². The lowest BCUT2D eigenvalue weighted by atomic mass is 10.3. The van der Waals surface area contributed by atoms with E-state index in [4.69, 9.17) is 32.7 Å². The first-order valence-electron chi connectivity index (χ1n) is 6.08. The van der Waals surface area contributed by atoms with E-state index in [0.717, 1.165) is 0 Å². The molecule has 0 unspecified atom stereocenters. The second-order valence-electron chi connectivity index (χ2n) is 3.96. The number of amides is 1. The number of hydrazine groups is 1. The Labute approximate surface area is 136 Å². The molecule has 1 aromatic carbocycles. The van der Waals surface area contributed by atoms with Gasteiger partial charge in [-0.3, -0.25) is 15.6 Å². The van der Waals surface area contributed by atoms with E-state index < -0.39 is 5.91 Å². The van der Waals surface area contributed by atoms with Gasteiger partial charge in [-0.1, -0.05) is 23.2 Å². The third kappa shape index (κ3) is 4.64. The van der Waals surface area contributed by atoms with Crippen LogP contribution < -0.4 is 20.3 Å². The van der Waals surface area contributed by atoms with E-state index in [1.165, 1.54) is 19.4 Å². The maximum atomic E-state index is 11.7. The van der Waals surface area contributed by atoms with Crippen LogP contribution in [0, 0.1) is 0 Å². The van der Waals surface area contributed by atoms with Crippen molar-refractivity contribution in [3.8, 4) is 11.6 Å². The van der Waals surface area contributed by atoms with Crippen LogP contribution in [-0.4, -0.2) is 29.6 Å². The Balaban J connectivity index is 1.82. The van der Waals surface area contributed by atoms with E-state index in [1.807, 2.05) is 0 Å². The Bertz CT molecular complexity index is 669. The molecule has 0 atom stereocenters. The number of aromatic nitrogens is 2. The van der Waals surface area contributed by atoms with Crippen molar-refractivity contribution in [1.29, 1.82) is 0 Å². The van der Waals surface area contributed by atoms with E-state index in [1.54, 1.807) is 18.2 Å². The zero-order chi connectivity index (χ0) is 15.9. The van der Waals surface area contributed by atoms with Gasteiger partial charge in [-0.25, -0.2) is 4.98 Å². The molecule has 0 spiro atoms. The van der Waals surface area contributed by atoms with Crippen LogP contribution in [0.15, 0.2) is 30.5 Å². The number of methoxy groups -OCH3 is 1. The lowest BCUT2D eigenvalue weighted by Gasteiger charge is -2.10. The molecule has 0 aliphatic rings. The molecular weight excluding hydrogens is 331 g/mol. The molecule has 7 nitrogen and oxygen atoms in total. The van der Waals surface area contributed by atoms with Crippen LogP contribution in [0.25, 0.3) is 0 Å². The molecule has 0 aliphatic carbocycles. The van der Waals surface area contributed by atoms with Gasteiger partial charge < -0.3 is 9.47 Å². The zero-order valence-corrected chi connectivity index (χ0v) is 13.0. The first-order chi connectivity index (χ1) is 10.6. The average Bonchev–Trinajstić information content (AvgIpc) is 2.52. The Morgan fingerprint density at radius 2 is 2.14 bits per heavy atom. The van der Waals surface area contributed by atoms with Crippen molar-refractivity contribution in [3.05, 3.63) is 40.5 Å². The molecule has 1 amide bonds. The first kappa shape index (κ1) is 16.1. The minimum Gasteiger partial charge on any atom is -0.482 e. The number of hydrogen-bond acceptors (Lipinski definition) is 6. The van der Waals surface area contributed by atoms with Gasteiger partial charge in [0.2, 0.25) is 11.8 Å². The van der Waals surface area contributed by atoms with Crippen LogP contribution >= 0.6 is 23.2 Å². The molecule has 0 radical (unpaired) electrons. The number of rotatable bonds is 6. The predicted octanol–water partition coefficient (Wildman–Crippen LogP) is 2.31. The van der Waals surface area contributed by atoms with Crippen molar-refractivity contribution >= 4 is 35.1 Å². The summed E-state index contributed by atoms with van der Waals surface area (Å²) in [6.07, 6.45) is 1.49. The topological polar surface area (TPSA) is 85.4 Å². The highest BCUT2D eigenvalue weighted by atomic mass is 35.5. The summed E-state index contributed by atoms with van der Waals surface area (Å²) < 4.78 is 10.2. The Morgan fingerprint density at radius 1 is 1.32 bits per heavy atom. The molecule has 1 heterocycles. The second-order valence-corrected chi connectivity index (χ2v) is 4.80. The van der Waals surface area contributed by atoms with Crippen LogP contribution in [0.1, 0.15) is 0 Å². The van der Waals surface area contributed by atoms with Gasteiger partial charge in [-0.05, 0) is 18.2 Å². The summed E-state index contributed by atoms with van der Waals surface area (Å²) in [5, 5.41) is 0.808. The summed E-state index contributed by atoms with van der Waals surface area (Å²) in [6.45, 7) is -0.238. The van der Waals surface area contributed by atoms with Gasteiger partial charge in [0.1, 0.15) is 5.75 Å². The van der Waals surface area contributed by atoms with Gasteiger partial charge >= 0.3 is 0 Å². The van der Waals surface area contributed by atoms with E-state index in [0.29, 0.717) is 21.7 Å². The maximum Gasteiger partial charge on any atom is 0.276 e. The van der Waals surface area contributed by atoms with Gasteiger partial charge in [-0.15, -0.1) is 0 Å². The number of ether oxygens (including phenoxy) is 2. The maximum absolute atomic E-state index is 11.7. The van der Waals surface area contributed by atoms with Crippen molar-refractivity contribution in [2.75, 3.05) is 19.1 Å². The fourth-order valence-corrected chi connectivity index (χ4v) is 1.88. The quantitative estimate of drug-likeness (QED) is 0.783. The van der Waals surface area contributed by atoms with Crippen molar-refractivity contribution in [3.63, 3.8) is 0 Å². The smallest absolute Gasteiger partial charge is 0.276 e.